The predicted molar refractivity (Wildman–Crippen MR) is 71.6 cm³/mol. The molecule has 1 aromatic carbocycles. The van der Waals surface area contributed by atoms with Crippen LogP contribution >= 0.6 is 0 Å². The number of anilines is 1. The second kappa shape index (κ2) is 7.30. The van der Waals surface area contributed by atoms with E-state index in [9.17, 15) is 0 Å². The van der Waals surface area contributed by atoms with E-state index < -0.39 is 0 Å². The average molecular weight is 237 g/mol. The Kier molecular flexibility index (Phi) is 6.01. The molecular weight excluding hydrogens is 214 g/mol. The van der Waals surface area contributed by atoms with Crippen molar-refractivity contribution in [2.45, 2.75) is 26.7 Å². The largest absolute Gasteiger partial charge is 0.396 e. The molecule has 0 spiro atoms. The first-order chi connectivity index (χ1) is 8.22. The smallest absolute Gasteiger partial charge is 0.0606 e. The molecule has 0 aliphatic carbocycles. The molecule has 3 nitrogen and oxygen atoms in total. The lowest BCUT2D eigenvalue weighted by Crippen LogP contribution is -2.26. The maximum Gasteiger partial charge on any atom is 0.0606 e. The Bertz CT molecular complexity index is 339. The van der Waals surface area contributed by atoms with Crippen LogP contribution in [0.5, 0.6) is 0 Å². The second-order valence-electron chi connectivity index (χ2n) is 4.24. The summed E-state index contributed by atoms with van der Waals surface area (Å²) in [5.41, 5.74) is 3.71. The maximum absolute atomic E-state index is 9.00. The molecule has 0 aliphatic rings. The van der Waals surface area contributed by atoms with Crippen molar-refractivity contribution in [2.75, 3.05) is 31.2 Å². The van der Waals surface area contributed by atoms with Gasteiger partial charge in [0.2, 0.25) is 0 Å². The van der Waals surface area contributed by atoms with Gasteiger partial charge in [0, 0.05) is 25.4 Å². The van der Waals surface area contributed by atoms with Crippen LogP contribution < -0.4 is 4.90 Å². The minimum absolute atomic E-state index is 0.180. The number of likely N-dealkylation sites (N-methyl/N-ethyl adjacent to an activating group) is 1. The van der Waals surface area contributed by atoms with Crippen LogP contribution in [0.1, 0.15) is 24.5 Å². The highest BCUT2D eigenvalue weighted by atomic mass is 16.3. The average Bonchev–Trinajstić information content (AvgIpc) is 2.34. The van der Waals surface area contributed by atoms with E-state index in [1.165, 1.54) is 11.1 Å². The Morgan fingerprint density at radius 1 is 1.18 bits per heavy atom. The first-order valence-electron chi connectivity index (χ1n) is 6.29. The van der Waals surface area contributed by atoms with E-state index in [2.05, 4.69) is 36.9 Å². The second-order valence-corrected chi connectivity index (χ2v) is 4.24. The predicted octanol–water partition coefficient (Wildman–Crippen LogP) is 1.74. The number of aryl methyl sites for hydroxylation is 2. The van der Waals surface area contributed by atoms with E-state index in [-0.39, 0.29) is 13.2 Å². The summed E-state index contributed by atoms with van der Waals surface area (Å²) in [6.45, 7) is 6.18. The van der Waals surface area contributed by atoms with Crippen molar-refractivity contribution in [1.29, 1.82) is 0 Å². The van der Waals surface area contributed by atoms with E-state index in [0.717, 1.165) is 25.1 Å². The van der Waals surface area contributed by atoms with Gasteiger partial charge in [-0.1, -0.05) is 6.07 Å². The maximum atomic E-state index is 9.00. The quantitative estimate of drug-likeness (QED) is 0.759. The lowest BCUT2D eigenvalue weighted by atomic mass is 10.0. The van der Waals surface area contributed by atoms with Gasteiger partial charge < -0.3 is 15.1 Å². The topological polar surface area (TPSA) is 43.7 Å². The Hall–Kier alpha value is -1.06. The minimum Gasteiger partial charge on any atom is -0.396 e. The number of benzene rings is 1. The molecule has 1 aromatic rings. The first kappa shape index (κ1) is 14.0. The molecule has 0 fully saturated rings. The SMILES string of the molecule is CCN(CCO)c1ccc(CCCO)c(C)c1. The molecule has 2 N–H and O–H groups in total. The van der Waals surface area contributed by atoms with Crippen molar-refractivity contribution in [1.82, 2.24) is 0 Å². The van der Waals surface area contributed by atoms with E-state index >= 15 is 0 Å². The van der Waals surface area contributed by atoms with Crippen molar-refractivity contribution in [2.24, 2.45) is 0 Å². The molecule has 0 unspecified atom stereocenters. The van der Waals surface area contributed by atoms with Gasteiger partial charge in [0.25, 0.3) is 0 Å². The molecule has 1 rings (SSSR count). The van der Waals surface area contributed by atoms with Crippen molar-refractivity contribution < 1.29 is 10.2 Å². The minimum atomic E-state index is 0.180. The molecule has 0 bridgehead atoms. The molecule has 0 atom stereocenters. The van der Waals surface area contributed by atoms with E-state index in [4.69, 9.17) is 10.2 Å². The molecule has 3 heteroatoms. The van der Waals surface area contributed by atoms with E-state index in [1.54, 1.807) is 0 Å². The van der Waals surface area contributed by atoms with Gasteiger partial charge in [-0.2, -0.15) is 0 Å². The van der Waals surface area contributed by atoms with Gasteiger partial charge in [0.1, 0.15) is 0 Å². The summed E-state index contributed by atoms with van der Waals surface area (Å²) in [5.74, 6) is 0. The van der Waals surface area contributed by atoms with Gasteiger partial charge >= 0.3 is 0 Å². The molecule has 0 aliphatic heterocycles. The molecular formula is C14H23NO2. The fourth-order valence-electron chi connectivity index (χ4n) is 2.02. The Labute approximate surface area is 104 Å². The van der Waals surface area contributed by atoms with Gasteiger partial charge in [-0.3, -0.25) is 0 Å². The van der Waals surface area contributed by atoms with Gasteiger partial charge in [0.05, 0.1) is 6.61 Å². The molecule has 0 saturated heterocycles. The third-order valence-electron chi connectivity index (χ3n) is 3.05. The van der Waals surface area contributed by atoms with Crippen LogP contribution in [0.4, 0.5) is 5.69 Å². The number of hydrogen-bond acceptors (Lipinski definition) is 3. The highest BCUT2D eigenvalue weighted by Gasteiger charge is 2.05. The summed E-state index contributed by atoms with van der Waals surface area (Å²) in [6, 6.07) is 6.38. The van der Waals surface area contributed by atoms with Crippen molar-refractivity contribution >= 4 is 5.69 Å². The number of hydrogen-bond donors (Lipinski definition) is 2. The third kappa shape index (κ3) is 4.02. The van der Waals surface area contributed by atoms with Crippen LogP contribution in [0.2, 0.25) is 0 Å². The zero-order valence-corrected chi connectivity index (χ0v) is 10.8. The molecule has 96 valence electrons. The zero-order chi connectivity index (χ0) is 12.7. The fourth-order valence-corrected chi connectivity index (χ4v) is 2.02. The highest BCUT2D eigenvalue weighted by Crippen LogP contribution is 2.20. The molecule has 17 heavy (non-hydrogen) atoms. The van der Waals surface area contributed by atoms with Crippen LogP contribution in [-0.4, -0.2) is 36.5 Å². The molecule has 0 saturated carbocycles. The van der Waals surface area contributed by atoms with Crippen LogP contribution in [0.15, 0.2) is 18.2 Å². The Balaban J connectivity index is 2.79. The summed E-state index contributed by atoms with van der Waals surface area (Å²) < 4.78 is 0. The Morgan fingerprint density at radius 3 is 2.47 bits per heavy atom. The summed E-state index contributed by atoms with van der Waals surface area (Å²) in [4.78, 5) is 2.16. The molecule has 0 aromatic heterocycles. The summed E-state index contributed by atoms with van der Waals surface area (Å²) in [7, 11) is 0. The zero-order valence-electron chi connectivity index (χ0n) is 10.8. The van der Waals surface area contributed by atoms with E-state index in [0.29, 0.717) is 6.54 Å². The van der Waals surface area contributed by atoms with Gasteiger partial charge in [-0.25, -0.2) is 0 Å². The number of nitrogens with zero attached hydrogens (tertiary/aromatic N) is 1. The molecule has 0 heterocycles. The van der Waals surface area contributed by atoms with Gasteiger partial charge in [-0.15, -0.1) is 0 Å². The standard InChI is InChI=1S/C14H23NO2/c1-3-15(8-10-17)14-7-6-13(5-4-9-16)12(2)11-14/h6-7,11,16-17H,3-5,8-10H2,1-2H3. The normalized spacial score (nSPS) is 10.6. The van der Waals surface area contributed by atoms with Crippen molar-refractivity contribution in [3.05, 3.63) is 29.3 Å². The van der Waals surface area contributed by atoms with Crippen LogP contribution in [-0.2, 0) is 6.42 Å². The lowest BCUT2D eigenvalue weighted by molar-refractivity contribution is 0.288. The number of aliphatic hydroxyl groups is 2. The van der Waals surface area contributed by atoms with Gasteiger partial charge in [-0.05, 0) is 49.9 Å². The van der Waals surface area contributed by atoms with Gasteiger partial charge in [0.15, 0.2) is 0 Å². The first-order valence-corrected chi connectivity index (χ1v) is 6.29. The lowest BCUT2D eigenvalue weighted by Gasteiger charge is -2.23. The van der Waals surface area contributed by atoms with E-state index in [1.807, 2.05) is 0 Å². The fraction of sp³-hybridized carbons (Fsp3) is 0.571. The van der Waals surface area contributed by atoms with Crippen molar-refractivity contribution in [3.8, 4) is 0 Å². The summed E-state index contributed by atoms with van der Waals surface area (Å²) in [5, 5.41) is 17.8. The number of rotatable bonds is 7. The van der Waals surface area contributed by atoms with Crippen molar-refractivity contribution in [3.63, 3.8) is 0 Å². The molecule has 0 amide bonds. The molecule has 0 radical (unpaired) electrons. The third-order valence-corrected chi connectivity index (χ3v) is 3.05. The Morgan fingerprint density at radius 2 is 1.94 bits per heavy atom. The van der Waals surface area contributed by atoms with Crippen LogP contribution in [0.25, 0.3) is 0 Å². The monoisotopic (exact) mass is 237 g/mol. The number of aliphatic hydroxyl groups excluding tert-OH is 2. The summed E-state index contributed by atoms with van der Waals surface area (Å²) >= 11 is 0. The highest BCUT2D eigenvalue weighted by molar-refractivity contribution is 5.50. The van der Waals surface area contributed by atoms with Crippen LogP contribution in [0.3, 0.4) is 0 Å². The van der Waals surface area contributed by atoms with Crippen LogP contribution in [0, 0.1) is 6.92 Å². The summed E-state index contributed by atoms with van der Waals surface area (Å²) in [6.07, 6.45) is 1.74.